The summed E-state index contributed by atoms with van der Waals surface area (Å²) in [6.45, 7) is 2.36. The van der Waals surface area contributed by atoms with Crippen molar-refractivity contribution in [2.75, 3.05) is 11.9 Å². The molecule has 0 atom stereocenters. The van der Waals surface area contributed by atoms with E-state index in [9.17, 15) is 9.59 Å². The smallest absolute Gasteiger partial charge is 0.240 e. The van der Waals surface area contributed by atoms with E-state index in [0.717, 1.165) is 11.1 Å². The first-order valence-corrected chi connectivity index (χ1v) is 9.27. The van der Waals surface area contributed by atoms with Crippen molar-refractivity contribution in [3.63, 3.8) is 0 Å². The predicted molar refractivity (Wildman–Crippen MR) is 105 cm³/mol. The van der Waals surface area contributed by atoms with Crippen LogP contribution in [-0.2, 0) is 16.0 Å². The molecule has 2 aromatic carbocycles. The maximum atomic E-state index is 12.6. The van der Waals surface area contributed by atoms with Crippen molar-refractivity contribution in [3.8, 4) is 0 Å². The topological polar surface area (TPSA) is 58.2 Å². The Kier molecular flexibility index (Phi) is 5.54. The second-order valence-corrected chi connectivity index (χ2v) is 7.48. The number of nitrogens with one attached hydrogen (secondary N) is 2. The number of anilines is 1. The molecule has 1 fully saturated rings. The molecule has 0 aliphatic heterocycles. The summed E-state index contributed by atoms with van der Waals surface area (Å²) in [5.74, 6) is -0.507. The van der Waals surface area contributed by atoms with Crippen molar-refractivity contribution in [1.29, 1.82) is 0 Å². The van der Waals surface area contributed by atoms with E-state index in [1.165, 1.54) is 0 Å². The molecule has 0 unspecified atom stereocenters. The van der Waals surface area contributed by atoms with E-state index in [0.29, 0.717) is 41.5 Å². The Labute approximate surface area is 162 Å². The molecule has 136 valence electrons. The molecule has 0 radical (unpaired) electrons. The number of hydrogen-bond acceptors (Lipinski definition) is 2. The zero-order valence-electron chi connectivity index (χ0n) is 14.4. The number of rotatable bonds is 6. The van der Waals surface area contributed by atoms with Gasteiger partial charge in [-0.1, -0.05) is 41.4 Å². The number of aryl methyl sites for hydroxylation is 1. The third-order valence-electron chi connectivity index (χ3n) is 4.64. The molecule has 0 heterocycles. The van der Waals surface area contributed by atoms with E-state index in [2.05, 4.69) is 10.6 Å². The van der Waals surface area contributed by atoms with Crippen LogP contribution in [0.15, 0.2) is 42.5 Å². The lowest BCUT2D eigenvalue weighted by Gasteiger charge is -2.16. The van der Waals surface area contributed by atoms with Gasteiger partial charge >= 0.3 is 0 Å². The first-order valence-electron chi connectivity index (χ1n) is 8.51. The minimum Gasteiger partial charge on any atom is -0.355 e. The van der Waals surface area contributed by atoms with Crippen molar-refractivity contribution in [2.45, 2.75) is 26.2 Å². The fourth-order valence-electron chi connectivity index (χ4n) is 2.79. The molecule has 0 saturated heterocycles. The largest absolute Gasteiger partial charge is 0.355 e. The van der Waals surface area contributed by atoms with Crippen molar-refractivity contribution >= 4 is 40.7 Å². The second kappa shape index (κ2) is 7.68. The van der Waals surface area contributed by atoms with E-state index >= 15 is 0 Å². The minimum absolute atomic E-state index is 0.227. The fourth-order valence-corrected chi connectivity index (χ4v) is 3.18. The molecule has 0 bridgehead atoms. The summed E-state index contributed by atoms with van der Waals surface area (Å²) >= 11 is 12.0. The Morgan fingerprint density at radius 2 is 1.85 bits per heavy atom. The number of benzene rings is 2. The maximum absolute atomic E-state index is 12.6. The molecule has 6 heteroatoms. The van der Waals surface area contributed by atoms with Crippen LogP contribution in [0, 0.1) is 12.3 Å². The van der Waals surface area contributed by atoms with Crippen LogP contribution in [0.1, 0.15) is 24.0 Å². The molecule has 4 nitrogen and oxygen atoms in total. The van der Waals surface area contributed by atoms with Crippen molar-refractivity contribution in [2.24, 2.45) is 5.41 Å². The lowest BCUT2D eigenvalue weighted by molar-refractivity contribution is -0.134. The second-order valence-electron chi connectivity index (χ2n) is 6.64. The standard InChI is InChI=1S/C20H20Cl2N2O2/c1-13-5-6-16(12-17(13)22)24-19(26)20(8-9-20)18(25)23-10-7-14-3-2-4-15(21)11-14/h2-6,11-12H,7-10H2,1H3,(H,23,25)(H,24,26). The lowest BCUT2D eigenvalue weighted by Crippen LogP contribution is -2.40. The maximum Gasteiger partial charge on any atom is 0.240 e. The van der Waals surface area contributed by atoms with Gasteiger partial charge in [-0.2, -0.15) is 0 Å². The summed E-state index contributed by atoms with van der Waals surface area (Å²) < 4.78 is 0. The molecule has 3 rings (SSSR count). The molecule has 1 saturated carbocycles. The van der Waals surface area contributed by atoms with E-state index in [1.807, 2.05) is 37.3 Å². The molecule has 2 amide bonds. The summed E-state index contributed by atoms with van der Waals surface area (Å²) in [5.41, 5.74) is 1.61. The summed E-state index contributed by atoms with van der Waals surface area (Å²) in [5, 5.41) is 6.93. The third kappa shape index (κ3) is 4.19. The highest BCUT2D eigenvalue weighted by Crippen LogP contribution is 2.46. The fraction of sp³-hybridized carbons (Fsp3) is 0.300. The van der Waals surface area contributed by atoms with Crippen LogP contribution < -0.4 is 10.6 Å². The van der Waals surface area contributed by atoms with Crippen molar-refractivity contribution in [3.05, 3.63) is 63.6 Å². The molecule has 0 aromatic heterocycles. The highest BCUT2D eigenvalue weighted by Gasteiger charge is 2.56. The number of amides is 2. The Morgan fingerprint density at radius 1 is 1.08 bits per heavy atom. The number of halogens is 2. The van der Waals surface area contributed by atoms with Crippen LogP contribution in [0.5, 0.6) is 0 Å². The monoisotopic (exact) mass is 390 g/mol. The molecule has 0 spiro atoms. The van der Waals surface area contributed by atoms with Crippen LogP contribution in [0.3, 0.4) is 0 Å². The normalized spacial score (nSPS) is 14.6. The first-order chi connectivity index (χ1) is 12.4. The van der Waals surface area contributed by atoms with Gasteiger partial charge in [-0.05, 0) is 61.6 Å². The molecular formula is C20H20Cl2N2O2. The van der Waals surface area contributed by atoms with Crippen LogP contribution in [0.25, 0.3) is 0 Å². The SMILES string of the molecule is Cc1ccc(NC(=O)C2(C(=O)NCCc3cccc(Cl)c3)CC2)cc1Cl. The molecular weight excluding hydrogens is 371 g/mol. The van der Waals surface area contributed by atoms with Crippen molar-refractivity contribution in [1.82, 2.24) is 5.32 Å². The van der Waals surface area contributed by atoms with E-state index < -0.39 is 5.41 Å². The van der Waals surface area contributed by atoms with Gasteiger partial charge < -0.3 is 10.6 Å². The van der Waals surface area contributed by atoms with Gasteiger partial charge in [0.15, 0.2) is 0 Å². The average molecular weight is 391 g/mol. The van der Waals surface area contributed by atoms with Crippen LogP contribution >= 0.6 is 23.2 Å². The molecule has 2 N–H and O–H groups in total. The van der Waals surface area contributed by atoms with Gasteiger partial charge in [0.25, 0.3) is 0 Å². The highest BCUT2D eigenvalue weighted by atomic mass is 35.5. The van der Waals surface area contributed by atoms with Gasteiger partial charge in [0.2, 0.25) is 11.8 Å². The van der Waals surface area contributed by atoms with Crippen LogP contribution in [0.4, 0.5) is 5.69 Å². The Bertz CT molecular complexity index is 847. The summed E-state index contributed by atoms with van der Waals surface area (Å²) in [4.78, 5) is 25.1. The third-order valence-corrected chi connectivity index (χ3v) is 5.28. The van der Waals surface area contributed by atoms with Gasteiger partial charge in [0.1, 0.15) is 5.41 Å². The van der Waals surface area contributed by atoms with Crippen LogP contribution in [0.2, 0.25) is 10.0 Å². The van der Waals surface area contributed by atoms with Crippen LogP contribution in [-0.4, -0.2) is 18.4 Å². The summed E-state index contributed by atoms with van der Waals surface area (Å²) in [6, 6.07) is 12.8. The highest BCUT2D eigenvalue weighted by molar-refractivity contribution is 6.31. The van der Waals surface area contributed by atoms with Gasteiger partial charge in [-0.25, -0.2) is 0 Å². The Balaban J connectivity index is 1.56. The van der Waals surface area contributed by atoms with Gasteiger partial charge in [-0.3, -0.25) is 9.59 Å². The zero-order chi connectivity index (χ0) is 18.7. The summed E-state index contributed by atoms with van der Waals surface area (Å²) in [6.07, 6.45) is 1.78. The number of carbonyl (C=O) groups is 2. The predicted octanol–water partition coefficient (Wildman–Crippen LogP) is 4.38. The molecule has 26 heavy (non-hydrogen) atoms. The number of carbonyl (C=O) groups excluding carboxylic acids is 2. The van der Waals surface area contributed by atoms with Gasteiger partial charge in [0, 0.05) is 22.3 Å². The quantitative estimate of drug-likeness (QED) is 0.718. The van der Waals surface area contributed by atoms with Gasteiger partial charge in [0.05, 0.1) is 0 Å². The van der Waals surface area contributed by atoms with E-state index in [4.69, 9.17) is 23.2 Å². The number of hydrogen-bond donors (Lipinski definition) is 2. The summed E-state index contributed by atoms with van der Waals surface area (Å²) in [7, 11) is 0. The Hall–Kier alpha value is -2.04. The zero-order valence-corrected chi connectivity index (χ0v) is 16.0. The Morgan fingerprint density at radius 3 is 2.50 bits per heavy atom. The minimum atomic E-state index is -0.967. The van der Waals surface area contributed by atoms with Crippen molar-refractivity contribution < 1.29 is 9.59 Å². The molecule has 2 aromatic rings. The molecule has 1 aliphatic rings. The average Bonchev–Trinajstić information content (AvgIpc) is 3.40. The first kappa shape index (κ1) is 18.7. The lowest BCUT2D eigenvalue weighted by atomic mass is 10.0. The van der Waals surface area contributed by atoms with E-state index in [-0.39, 0.29) is 11.8 Å². The molecule has 1 aliphatic carbocycles. The van der Waals surface area contributed by atoms with E-state index in [1.54, 1.807) is 12.1 Å². The van der Waals surface area contributed by atoms with Gasteiger partial charge in [-0.15, -0.1) is 0 Å².